The number of aryl methyl sites for hydroxylation is 1. The van der Waals surface area contributed by atoms with E-state index in [9.17, 15) is 0 Å². The van der Waals surface area contributed by atoms with Crippen LogP contribution >= 0.6 is 35.6 Å². The molecule has 154 valence electrons. The summed E-state index contributed by atoms with van der Waals surface area (Å²) in [4.78, 5) is 8.76. The number of nitrogens with one attached hydrogen (secondary N) is 2. The van der Waals surface area contributed by atoms with Crippen LogP contribution in [-0.2, 0) is 24.8 Å². The second-order valence-electron chi connectivity index (χ2n) is 6.57. The lowest BCUT2D eigenvalue weighted by molar-refractivity contribution is 0.114. The molecule has 0 radical (unpaired) electrons. The van der Waals surface area contributed by atoms with Gasteiger partial charge in [0.1, 0.15) is 17.5 Å². The molecule has 0 aromatic carbocycles. The molecule has 1 unspecified atom stereocenters. The summed E-state index contributed by atoms with van der Waals surface area (Å²) < 4.78 is 7.63. The monoisotopic (exact) mass is 519 g/mol. The molecule has 2 N–H and O–H groups in total. The molecule has 0 saturated carbocycles. The van der Waals surface area contributed by atoms with Crippen molar-refractivity contribution in [2.75, 3.05) is 19.7 Å². The molecule has 1 atom stereocenters. The minimum absolute atomic E-state index is 0. The van der Waals surface area contributed by atoms with E-state index in [0.717, 1.165) is 62.1 Å². The molecule has 10 heteroatoms. The van der Waals surface area contributed by atoms with Gasteiger partial charge in [-0.05, 0) is 37.8 Å². The van der Waals surface area contributed by atoms with Crippen molar-refractivity contribution in [1.29, 1.82) is 0 Å². The number of hydrogen-bond acceptors (Lipinski definition) is 5. The van der Waals surface area contributed by atoms with Crippen LogP contribution < -0.4 is 10.6 Å². The van der Waals surface area contributed by atoms with Gasteiger partial charge in [0, 0.05) is 32.9 Å². The third-order valence-electron chi connectivity index (χ3n) is 4.58. The van der Waals surface area contributed by atoms with Crippen LogP contribution in [-0.4, -0.2) is 51.5 Å². The van der Waals surface area contributed by atoms with Crippen molar-refractivity contribution in [3.63, 3.8) is 0 Å². The lowest BCUT2D eigenvalue weighted by atomic mass is 10.2. The number of hydrogen-bond donors (Lipinski definition) is 2. The van der Waals surface area contributed by atoms with E-state index in [1.54, 1.807) is 12.3 Å². The van der Waals surface area contributed by atoms with E-state index >= 15 is 0 Å². The molecule has 2 aromatic heterocycles. The van der Waals surface area contributed by atoms with Gasteiger partial charge in [0.05, 0.1) is 6.10 Å². The molecular formula is C18H27ClIN7O. The molecule has 0 bridgehead atoms. The Morgan fingerprint density at radius 1 is 1.36 bits per heavy atom. The summed E-state index contributed by atoms with van der Waals surface area (Å²) in [5.41, 5.74) is 1.12. The molecule has 1 saturated heterocycles. The van der Waals surface area contributed by atoms with Crippen LogP contribution in [0.3, 0.4) is 0 Å². The fraction of sp³-hybridized carbons (Fsp3) is 0.556. The quantitative estimate of drug-likeness (QED) is 0.252. The van der Waals surface area contributed by atoms with Crippen molar-refractivity contribution in [2.24, 2.45) is 12.0 Å². The Morgan fingerprint density at radius 2 is 2.21 bits per heavy atom. The highest BCUT2D eigenvalue weighted by atomic mass is 127. The lowest BCUT2D eigenvalue weighted by Gasteiger charge is -2.15. The summed E-state index contributed by atoms with van der Waals surface area (Å²) in [5.74, 6) is 2.44. The third kappa shape index (κ3) is 6.85. The second-order valence-corrected chi connectivity index (χ2v) is 6.96. The smallest absolute Gasteiger partial charge is 0.191 e. The highest BCUT2D eigenvalue weighted by Crippen LogP contribution is 2.10. The predicted molar refractivity (Wildman–Crippen MR) is 120 cm³/mol. The van der Waals surface area contributed by atoms with Gasteiger partial charge in [0.15, 0.2) is 11.8 Å². The van der Waals surface area contributed by atoms with E-state index in [1.165, 1.54) is 0 Å². The molecule has 1 fully saturated rings. The molecular weight excluding hydrogens is 493 g/mol. The van der Waals surface area contributed by atoms with E-state index < -0.39 is 0 Å². The van der Waals surface area contributed by atoms with E-state index in [4.69, 9.17) is 16.3 Å². The van der Waals surface area contributed by atoms with Crippen molar-refractivity contribution >= 4 is 41.5 Å². The van der Waals surface area contributed by atoms with Crippen molar-refractivity contribution in [3.05, 3.63) is 40.7 Å². The van der Waals surface area contributed by atoms with Crippen molar-refractivity contribution in [3.8, 4) is 0 Å². The molecule has 3 heterocycles. The first-order chi connectivity index (χ1) is 13.1. The van der Waals surface area contributed by atoms with Gasteiger partial charge < -0.3 is 19.9 Å². The van der Waals surface area contributed by atoms with Crippen LogP contribution in [0.5, 0.6) is 0 Å². The second kappa shape index (κ2) is 11.5. The van der Waals surface area contributed by atoms with Crippen molar-refractivity contribution in [1.82, 2.24) is 30.4 Å². The van der Waals surface area contributed by atoms with Crippen molar-refractivity contribution < 1.29 is 4.74 Å². The zero-order valence-corrected chi connectivity index (χ0v) is 19.3. The molecule has 0 aliphatic carbocycles. The minimum Gasteiger partial charge on any atom is -0.376 e. The Balaban J connectivity index is 0.00000280. The van der Waals surface area contributed by atoms with Gasteiger partial charge in [-0.1, -0.05) is 17.7 Å². The van der Waals surface area contributed by atoms with Crippen molar-refractivity contribution in [2.45, 2.75) is 38.8 Å². The highest BCUT2D eigenvalue weighted by Gasteiger charge is 2.15. The molecule has 0 spiro atoms. The highest BCUT2D eigenvalue weighted by molar-refractivity contribution is 14.0. The largest absolute Gasteiger partial charge is 0.376 e. The molecule has 8 nitrogen and oxygen atoms in total. The maximum Gasteiger partial charge on any atom is 0.191 e. The lowest BCUT2D eigenvalue weighted by Crippen LogP contribution is -2.42. The van der Waals surface area contributed by atoms with Crippen LogP contribution in [0.1, 0.15) is 30.1 Å². The molecule has 0 amide bonds. The van der Waals surface area contributed by atoms with E-state index in [0.29, 0.717) is 11.7 Å². The standard InChI is InChI=1S/C18H26ClN7O.HI/c1-13-24-25-17(26(13)2)12-23-18(22-11-15-4-3-9-27-15)20-8-7-14-5-6-16(19)21-10-14;/h5-6,10,15H,3-4,7-9,11-12H2,1-2H3,(H2,20,22,23);1H. The van der Waals surface area contributed by atoms with E-state index in [1.807, 2.05) is 24.6 Å². The van der Waals surface area contributed by atoms with Crippen LogP contribution in [0, 0.1) is 6.92 Å². The number of guanidine groups is 1. The molecule has 1 aliphatic heterocycles. The first kappa shape index (κ1) is 22.8. The Bertz CT molecular complexity index is 760. The summed E-state index contributed by atoms with van der Waals surface area (Å²) in [6, 6.07) is 3.79. The van der Waals surface area contributed by atoms with Gasteiger partial charge in [0.2, 0.25) is 0 Å². The maximum atomic E-state index is 5.83. The van der Waals surface area contributed by atoms with Crippen LogP contribution in [0.4, 0.5) is 0 Å². The van der Waals surface area contributed by atoms with E-state index in [-0.39, 0.29) is 30.1 Å². The number of pyridine rings is 1. The number of aromatic nitrogens is 4. The Hall–Kier alpha value is -1.46. The normalized spacial score (nSPS) is 16.7. The fourth-order valence-electron chi connectivity index (χ4n) is 2.81. The summed E-state index contributed by atoms with van der Waals surface area (Å²) in [5, 5.41) is 15.5. The third-order valence-corrected chi connectivity index (χ3v) is 4.80. The minimum atomic E-state index is 0. The first-order valence-corrected chi connectivity index (χ1v) is 9.58. The fourth-order valence-corrected chi connectivity index (χ4v) is 2.92. The summed E-state index contributed by atoms with van der Waals surface area (Å²) in [6.07, 6.45) is 5.07. The van der Waals surface area contributed by atoms with Gasteiger partial charge in [0.25, 0.3) is 0 Å². The Labute approximate surface area is 187 Å². The van der Waals surface area contributed by atoms with Crippen LogP contribution in [0.15, 0.2) is 23.3 Å². The molecule has 2 aromatic rings. The average molecular weight is 520 g/mol. The first-order valence-electron chi connectivity index (χ1n) is 9.21. The van der Waals surface area contributed by atoms with Gasteiger partial charge in [-0.3, -0.25) is 0 Å². The van der Waals surface area contributed by atoms with E-state index in [2.05, 4.69) is 30.8 Å². The zero-order chi connectivity index (χ0) is 19.1. The molecule has 28 heavy (non-hydrogen) atoms. The SMILES string of the molecule is Cc1nnc(CN=C(NCCc2ccc(Cl)nc2)NCC2CCCO2)n1C.I. The van der Waals surface area contributed by atoms with Gasteiger partial charge >= 0.3 is 0 Å². The maximum absolute atomic E-state index is 5.83. The predicted octanol–water partition coefficient (Wildman–Crippen LogP) is 2.25. The number of ether oxygens (including phenoxy) is 1. The summed E-state index contributed by atoms with van der Waals surface area (Å²) in [6.45, 7) is 4.70. The zero-order valence-electron chi connectivity index (χ0n) is 16.2. The number of nitrogens with zero attached hydrogens (tertiary/aromatic N) is 5. The summed E-state index contributed by atoms with van der Waals surface area (Å²) >= 11 is 5.83. The van der Waals surface area contributed by atoms with Gasteiger partial charge in [-0.2, -0.15) is 0 Å². The van der Waals surface area contributed by atoms with Crippen LogP contribution in [0.25, 0.3) is 0 Å². The number of aliphatic imine (C=N–C) groups is 1. The number of rotatable bonds is 7. The Kier molecular flexibility index (Phi) is 9.39. The van der Waals surface area contributed by atoms with Gasteiger partial charge in [-0.25, -0.2) is 9.98 Å². The topological polar surface area (TPSA) is 89.2 Å². The molecule has 1 aliphatic rings. The number of halogens is 2. The average Bonchev–Trinajstić information content (AvgIpc) is 3.30. The summed E-state index contributed by atoms with van der Waals surface area (Å²) in [7, 11) is 1.95. The van der Waals surface area contributed by atoms with Crippen LogP contribution in [0.2, 0.25) is 5.15 Å². The Morgan fingerprint density at radius 3 is 2.86 bits per heavy atom. The molecule has 3 rings (SSSR count). The van der Waals surface area contributed by atoms with Gasteiger partial charge in [-0.15, -0.1) is 34.2 Å².